The van der Waals surface area contributed by atoms with Gasteiger partial charge in [0.15, 0.2) is 0 Å². The van der Waals surface area contributed by atoms with Crippen molar-refractivity contribution in [3.8, 4) is 0 Å². The number of aromatic nitrogens is 1. The van der Waals surface area contributed by atoms with Crippen molar-refractivity contribution in [2.45, 2.75) is 12.3 Å². The van der Waals surface area contributed by atoms with Crippen LogP contribution in [-0.2, 0) is 0 Å². The molecular weight excluding hydrogens is 223 g/mol. The number of nitrogens with zero attached hydrogens (tertiary/aromatic N) is 2. The highest BCUT2D eigenvalue weighted by molar-refractivity contribution is 7.13. The highest BCUT2D eigenvalue weighted by Gasteiger charge is 2.24. The largest absolute Gasteiger partial charge is 0.306 e. The Labute approximate surface area is 97.9 Å². The zero-order valence-electron chi connectivity index (χ0n) is 9.11. The number of halogens is 1. The van der Waals surface area contributed by atoms with E-state index in [0.717, 1.165) is 35.3 Å². The zero-order valence-corrected chi connectivity index (χ0v) is 9.93. The summed E-state index contributed by atoms with van der Waals surface area (Å²) in [5.74, 6) is 0.343. The minimum Gasteiger partial charge on any atom is -0.306 e. The molecule has 1 aliphatic heterocycles. The van der Waals surface area contributed by atoms with Crippen LogP contribution >= 0.6 is 11.5 Å². The van der Waals surface area contributed by atoms with Gasteiger partial charge in [-0.1, -0.05) is 0 Å². The predicted molar refractivity (Wildman–Crippen MR) is 64.4 cm³/mol. The number of fused-ring (bicyclic) bond motifs is 1. The van der Waals surface area contributed by atoms with Crippen LogP contribution in [0, 0.1) is 5.82 Å². The molecule has 1 aromatic carbocycles. The molecular formula is C12H13FN2S. The van der Waals surface area contributed by atoms with Crippen LogP contribution < -0.4 is 0 Å². The molecule has 16 heavy (non-hydrogen) atoms. The van der Waals surface area contributed by atoms with E-state index < -0.39 is 0 Å². The second-order valence-corrected chi connectivity index (χ2v) is 5.26. The lowest BCUT2D eigenvalue weighted by Crippen LogP contribution is -2.13. The van der Waals surface area contributed by atoms with Crippen LogP contribution in [0.1, 0.15) is 18.0 Å². The third-order valence-corrected chi connectivity index (χ3v) is 4.06. The fourth-order valence-corrected chi connectivity index (χ4v) is 3.26. The van der Waals surface area contributed by atoms with Crippen LogP contribution in [0.4, 0.5) is 4.39 Å². The van der Waals surface area contributed by atoms with Gasteiger partial charge in [-0.15, -0.1) is 0 Å². The van der Waals surface area contributed by atoms with Gasteiger partial charge < -0.3 is 4.90 Å². The summed E-state index contributed by atoms with van der Waals surface area (Å²) < 4.78 is 18.5. The van der Waals surface area contributed by atoms with Crippen molar-refractivity contribution in [3.63, 3.8) is 0 Å². The van der Waals surface area contributed by atoms with Crippen LogP contribution in [0.5, 0.6) is 0 Å². The number of likely N-dealkylation sites (N-methyl/N-ethyl adjacent to an activating group) is 1. The van der Waals surface area contributed by atoms with E-state index in [-0.39, 0.29) is 5.82 Å². The van der Waals surface area contributed by atoms with Crippen molar-refractivity contribution in [2.24, 2.45) is 0 Å². The van der Waals surface area contributed by atoms with Gasteiger partial charge in [0.2, 0.25) is 0 Å². The first kappa shape index (κ1) is 10.2. The molecule has 3 rings (SSSR count). The highest BCUT2D eigenvalue weighted by atomic mass is 32.1. The van der Waals surface area contributed by atoms with Crippen LogP contribution in [0.3, 0.4) is 0 Å². The van der Waals surface area contributed by atoms with Crippen molar-refractivity contribution in [1.29, 1.82) is 0 Å². The third kappa shape index (κ3) is 1.62. The summed E-state index contributed by atoms with van der Waals surface area (Å²) in [6, 6.07) is 4.97. The SMILES string of the molecule is CN1CC[C@H](c2nsc3cc(F)ccc23)C1. The molecule has 0 N–H and O–H groups in total. The van der Waals surface area contributed by atoms with E-state index in [1.807, 2.05) is 6.07 Å². The first-order chi connectivity index (χ1) is 7.74. The lowest BCUT2D eigenvalue weighted by Gasteiger charge is -2.08. The molecule has 0 bridgehead atoms. The Morgan fingerprint density at radius 1 is 1.50 bits per heavy atom. The molecule has 2 nitrogen and oxygen atoms in total. The standard InChI is InChI=1S/C12H13FN2S/c1-15-5-4-8(7-15)12-10-3-2-9(13)6-11(10)16-14-12/h2-3,6,8H,4-5,7H2,1H3/t8-/m0/s1. The molecule has 0 unspecified atom stereocenters. The minimum atomic E-state index is -0.175. The monoisotopic (exact) mass is 236 g/mol. The van der Waals surface area contributed by atoms with E-state index in [4.69, 9.17) is 0 Å². The van der Waals surface area contributed by atoms with Gasteiger partial charge in [-0.05, 0) is 49.7 Å². The number of rotatable bonds is 1. The smallest absolute Gasteiger partial charge is 0.124 e. The molecule has 0 spiro atoms. The summed E-state index contributed by atoms with van der Waals surface area (Å²) in [5, 5.41) is 1.13. The lowest BCUT2D eigenvalue weighted by molar-refractivity contribution is 0.411. The maximum absolute atomic E-state index is 13.1. The van der Waals surface area contributed by atoms with Gasteiger partial charge in [-0.25, -0.2) is 4.39 Å². The summed E-state index contributed by atoms with van der Waals surface area (Å²) in [7, 11) is 2.13. The summed E-state index contributed by atoms with van der Waals surface area (Å²) in [5.41, 5.74) is 1.16. The van der Waals surface area contributed by atoms with E-state index in [2.05, 4.69) is 16.3 Å². The van der Waals surface area contributed by atoms with Crippen molar-refractivity contribution in [1.82, 2.24) is 9.27 Å². The first-order valence-corrected chi connectivity index (χ1v) is 6.25. The molecule has 1 atom stereocenters. The van der Waals surface area contributed by atoms with Gasteiger partial charge in [0, 0.05) is 17.8 Å². The molecule has 4 heteroatoms. The van der Waals surface area contributed by atoms with Gasteiger partial charge in [-0.2, -0.15) is 4.37 Å². The highest BCUT2D eigenvalue weighted by Crippen LogP contribution is 2.33. The molecule has 1 saturated heterocycles. The summed E-state index contributed by atoms with van der Waals surface area (Å²) in [6.07, 6.45) is 1.16. The van der Waals surface area contributed by atoms with Crippen molar-refractivity contribution < 1.29 is 4.39 Å². The number of hydrogen-bond acceptors (Lipinski definition) is 3. The molecule has 84 valence electrons. The number of hydrogen-bond donors (Lipinski definition) is 0. The molecule has 0 amide bonds. The molecule has 0 saturated carbocycles. The maximum Gasteiger partial charge on any atom is 0.124 e. The molecule has 1 fully saturated rings. The Morgan fingerprint density at radius 3 is 3.12 bits per heavy atom. The predicted octanol–water partition coefficient (Wildman–Crippen LogP) is 2.85. The van der Waals surface area contributed by atoms with Gasteiger partial charge in [-0.3, -0.25) is 0 Å². The van der Waals surface area contributed by atoms with Crippen LogP contribution in [-0.4, -0.2) is 29.4 Å². The van der Waals surface area contributed by atoms with Crippen LogP contribution in [0.15, 0.2) is 18.2 Å². The molecule has 1 aromatic heterocycles. The fourth-order valence-electron chi connectivity index (χ4n) is 2.38. The van der Waals surface area contributed by atoms with Gasteiger partial charge in [0.05, 0.1) is 10.4 Å². The Kier molecular flexibility index (Phi) is 2.41. The Morgan fingerprint density at radius 2 is 2.38 bits per heavy atom. The normalized spacial score (nSPS) is 22.0. The molecule has 0 radical (unpaired) electrons. The molecule has 2 heterocycles. The third-order valence-electron chi connectivity index (χ3n) is 3.24. The van der Waals surface area contributed by atoms with E-state index in [9.17, 15) is 4.39 Å². The minimum absolute atomic E-state index is 0.175. The lowest BCUT2D eigenvalue weighted by atomic mass is 10.0. The molecule has 1 aliphatic rings. The van der Waals surface area contributed by atoms with Crippen molar-refractivity contribution in [2.75, 3.05) is 20.1 Å². The summed E-state index contributed by atoms with van der Waals surface area (Å²) >= 11 is 1.41. The second-order valence-electron chi connectivity index (χ2n) is 4.46. The number of benzene rings is 1. The summed E-state index contributed by atoms with van der Waals surface area (Å²) in [4.78, 5) is 2.32. The van der Waals surface area contributed by atoms with E-state index in [0.29, 0.717) is 5.92 Å². The first-order valence-electron chi connectivity index (χ1n) is 5.47. The summed E-state index contributed by atoms with van der Waals surface area (Å²) in [6.45, 7) is 2.20. The Balaban J connectivity index is 2.04. The Bertz CT molecular complexity index is 523. The molecule has 2 aromatic rings. The topological polar surface area (TPSA) is 16.1 Å². The van der Waals surface area contributed by atoms with Gasteiger partial charge >= 0.3 is 0 Å². The van der Waals surface area contributed by atoms with Gasteiger partial charge in [0.1, 0.15) is 5.82 Å². The van der Waals surface area contributed by atoms with Crippen molar-refractivity contribution >= 4 is 21.6 Å². The maximum atomic E-state index is 13.1. The molecule has 0 aliphatic carbocycles. The fraction of sp³-hybridized carbons (Fsp3) is 0.417. The van der Waals surface area contributed by atoms with Crippen LogP contribution in [0.25, 0.3) is 10.1 Å². The Hall–Kier alpha value is -1.00. The van der Waals surface area contributed by atoms with E-state index in [1.54, 1.807) is 6.07 Å². The second kappa shape index (κ2) is 3.79. The van der Waals surface area contributed by atoms with Gasteiger partial charge in [0.25, 0.3) is 0 Å². The van der Waals surface area contributed by atoms with Crippen LogP contribution in [0.2, 0.25) is 0 Å². The quantitative estimate of drug-likeness (QED) is 0.757. The average Bonchev–Trinajstić information content (AvgIpc) is 2.83. The zero-order chi connectivity index (χ0) is 11.1. The number of likely N-dealkylation sites (tertiary alicyclic amines) is 1. The van der Waals surface area contributed by atoms with E-state index >= 15 is 0 Å². The van der Waals surface area contributed by atoms with E-state index in [1.165, 1.54) is 17.6 Å². The van der Waals surface area contributed by atoms with Crippen molar-refractivity contribution in [3.05, 3.63) is 29.7 Å². The average molecular weight is 236 g/mol.